The summed E-state index contributed by atoms with van der Waals surface area (Å²) in [5, 5.41) is 8.38. The minimum Gasteiger partial charge on any atom is -0.337 e. The van der Waals surface area contributed by atoms with Gasteiger partial charge in [0.25, 0.3) is 5.91 Å². The van der Waals surface area contributed by atoms with Gasteiger partial charge in [0, 0.05) is 36.3 Å². The van der Waals surface area contributed by atoms with Crippen LogP contribution in [-0.4, -0.2) is 44.1 Å². The summed E-state index contributed by atoms with van der Waals surface area (Å²) in [5.74, 6) is 0.359. The Morgan fingerprint density at radius 3 is 3.29 bits per heavy atom. The first-order valence-electron chi connectivity index (χ1n) is 6.79. The Hall–Kier alpha value is -2.28. The monoisotopic (exact) mass is 299 g/mol. The molecule has 0 saturated carbocycles. The van der Waals surface area contributed by atoms with Gasteiger partial charge in [0.05, 0.1) is 11.7 Å². The predicted molar refractivity (Wildman–Crippen MR) is 79.3 cm³/mol. The number of amides is 1. The summed E-state index contributed by atoms with van der Waals surface area (Å²) < 4.78 is 0. The molecular formula is C14H13N5OS. The number of aromatic amines is 1. The van der Waals surface area contributed by atoms with E-state index in [4.69, 9.17) is 0 Å². The highest BCUT2D eigenvalue weighted by atomic mass is 32.1. The third kappa shape index (κ3) is 2.09. The van der Waals surface area contributed by atoms with Crippen LogP contribution in [0.3, 0.4) is 0 Å². The van der Waals surface area contributed by atoms with E-state index in [0.717, 1.165) is 29.7 Å². The number of hydrogen-bond donors (Lipinski definition) is 1. The zero-order valence-corrected chi connectivity index (χ0v) is 12.0. The summed E-state index contributed by atoms with van der Waals surface area (Å²) in [7, 11) is 0. The van der Waals surface area contributed by atoms with Gasteiger partial charge in [-0.1, -0.05) is 0 Å². The second-order valence-electron chi connectivity index (χ2n) is 5.11. The second kappa shape index (κ2) is 4.92. The van der Waals surface area contributed by atoms with E-state index in [-0.39, 0.29) is 11.8 Å². The summed E-state index contributed by atoms with van der Waals surface area (Å²) in [4.78, 5) is 23.1. The molecule has 1 fully saturated rings. The SMILES string of the molecule is O=C(c1cncs1)N1CC[C@@H](c2[nH]nc3ncccc23)C1. The number of carbonyl (C=O) groups is 1. The van der Waals surface area contributed by atoms with Crippen molar-refractivity contribution in [1.82, 2.24) is 25.1 Å². The molecule has 1 saturated heterocycles. The summed E-state index contributed by atoms with van der Waals surface area (Å²) in [6.07, 6.45) is 4.31. The molecule has 0 aliphatic carbocycles. The first kappa shape index (κ1) is 12.5. The van der Waals surface area contributed by atoms with Crippen molar-refractivity contribution >= 4 is 28.3 Å². The quantitative estimate of drug-likeness (QED) is 0.786. The van der Waals surface area contributed by atoms with Crippen LogP contribution >= 0.6 is 11.3 Å². The molecule has 1 N–H and O–H groups in total. The maximum atomic E-state index is 12.3. The molecule has 0 unspecified atom stereocenters. The Kier molecular flexibility index (Phi) is 2.92. The van der Waals surface area contributed by atoms with Crippen LogP contribution in [0.1, 0.15) is 27.7 Å². The van der Waals surface area contributed by atoms with E-state index in [9.17, 15) is 4.79 Å². The number of nitrogens with one attached hydrogen (secondary N) is 1. The third-order valence-corrected chi connectivity index (χ3v) is 4.65. The maximum absolute atomic E-state index is 12.3. The molecule has 7 heteroatoms. The van der Waals surface area contributed by atoms with Crippen LogP contribution in [0, 0.1) is 0 Å². The number of carbonyl (C=O) groups excluding carboxylic acids is 1. The lowest BCUT2D eigenvalue weighted by molar-refractivity contribution is 0.0795. The summed E-state index contributed by atoms with van der Waals surface area (Å²) in [6.45, 7) is 1.48. The van der Waals surface area contributed by atoms with Crippen molar-refractivity contribution in [2.24, 2.45) is 0 Å². The van der Waals surface area contributed by atoms with Crippen LogP contribution in [0.25, 0.3) is 11.0 Å². The summed E-state index contributed by atoms with van der Waals surface area (Å²) in [6, 6.07) is 3.94. The molecule has 0 radical (unpaired) electrons. The van der Waals surface area contributed by atoms with Crippen molar-refractivity contribution in [1.29, 1.82) is 0 Å². The average molecular weight is 299 g/mol. The van der Waals surface area contributed by atoms with Crippen molar-refractivity contribution in [2.75, 3.05) is 13.1 Å². The zero-order valence-electron chi connectivity index (χ0n) is 11.2. The van der Waals surface area contributed by atoms with Crippen LogP contribution in [0.5, 0.6) is 0 Å². The van der Waals surface area contributed by atoms with Gasteiger partial charge in [-0.3, -0.25) is 14.9 Å². The fourth-order valence-electron chi connectivity index (χ4n) is 2.84. The molecule has 21 heavy (non-hydrogen) atoms. The Bertz CT molecular complexity index is 782. The van der Waals surface area contributed by atoms with Gasteiger partial charge in [-0.05, 0) is 18.6 Å². The number of fused-ring (bicyclic) bond motifs is 1. The fraction of sp³-hybridized carbons (Fsp3) is 0.286. The van der Waals surface area contributed by atoms with Crippen molar-refractivity contribution in [2.45, 2.75) is 12.3 Å². The number of aromatic nitrogens is 4. The van der Waals surface area contributed by atoms with Gasteiger partial charge < -0.3 is 4.90 Å². The minimum atomic E-state index is 0.0712. The van der Waals surface area contributed by atoms with Crippen LogP contribution in [-0.2, 0) is 0 Å². The third-order valence-electron chi connectivity index (χ3n) is 3.89. The maximum Gasteiger partial charge on any atom is 0.265 e. The van der Waals surface area contributed by atoms with Crippen LogP contribution < -0.4 is 0 Å². The summed E-state index contributed by atoms with van der Waals surface area (Å²) in [5.41, 5.74) is 3.51. The lowest BCUT2D eigenvalue weighted by Crippen LogP contribution is -2.27. The molecule has 0 bridgehead atoms. The van der Waals surface area contributed by atoms with Crippen LogP contribution in [0.15, 0.2) is 30.0 Å². The molecule has 1 aliphatic rings. The van der Waals surface area contributed by atoms with E-state index in [2.05, 4.69) is 20.2 Å². The topological polar surface area (TPSA) is 74.8 Å². The molecule has 6 nitrogen and oxygen atoms in total. The highest BCUT2D eigenvalue weighted by Gasteiger charge is 2.30. The normalized spacial score (nSPS) is 18.5. The zero-order chi connectivity index (χ0) is 14.2. The van der Waals surface area contributed by atoms with E-state index in [1.54, 1.807) is 17.9 Å². The lowest BCUT2D eigenvalue weighted by Gasteiger charge is -2.14. The van der Waals surface area contributed by atoms with Gasteiger partial charge in [-0.2, -0.15) is 5.10 Å². The van der Waals surface area contributed by atoms with Crippen molar-refractivity contribution in [3.63, 3.8) is 0 Å². The molecule has 3 aromatic heterocycles. The van der Waals surface area contributed by atoms with E-state index in [1.165, 1.54) is 11.3 Å². The fourth-order valence-corrected chi connectivity index (χ4v) is 3.43. The number of rotatable bonds is 2. The lowest BCUT2D eigenvalue weighted by atomic mass is 10.0. The molecule has 1 amide bonds. The first-order valence-corrected chi connectivity index (χ1v) is 7.67. The number of thiazole rings is 1. The van der Waals surface area contributed by atoms with Gasteiger partial charge in [0.2, 0.25) is 0 Å². The molecular weight excluding hydrogens is 286 g/mol. The average Bonchev–Trinajstić information content (AvgIpc) is 3.25. The molecule has 4 heterocycles. The van der Waals surface area contributed by atoms with E-state index in [0.29, 0.717) is 11.4 Å². The molecule has 0 spiro atoms. The molecule has 4 rings (SSSR count). The smallest absolute Gasteiger partial charge is 0.265 e. The number of H-pyrrole nitrogens is 1. The van der Waals surface area contributed by atoms with Gasteiger partial charge in [0.15, 0.2) is 5.65 Å². The number of nitrogens with zero attached hydrogens (tertiary/aromatic N) is 4. The number of likely N-dealkylation sites (tertiary alicyclic amines) is 1. The Morgan fingerprint density at radius 1 is 1.48 bits per heavy atom. The first-order chi connectivity index (χ1) is 10.3. The minimum absolute atomic E-state index is 0.0712. The molecule has 3 aromatic rings. The van der Waals surface area contributed by atoms with Crippen LogP contribution in [0.2, 0.25) is 0 Å². The van der Waals surface area contributed by atoms with Crippen molar-refractivity contribution in [3.8, 4) is 0 Å². The van der Waals surface area contributed by atoms with Crippen molar-refractivity contribution in [3.05, 3.63) is 40.6 Å². The highest BCUT2D eigenvalue weighted by molar-refractivity contribution is 7.11. The van der Waals surface area contributed by atoms with E-state index in [1.807, 2.05) is 17.0 Å². The van der Waals surface area contributed by atoms with Gasteiger partial charge in [-0.25, -0.2) is 4.98 Å². The van der Waals surface area contributed by atoms with Gasteiger partial charge in [0.1, 0.15) is 4.88 Å². The van der Waals surface area contributed by atoms with Gasteiger partial charge >= 0.3 is 0 Å². The predicted octanol–water partition coefficient (Wildman–Crippen LogP) is 2.04. The Labute approximate surface area is 124 Å². The number of hydrogen-bond acceptors (Lipinski definition) is 5. The standard InChI is InChI=1S/C14H13N5OS/c20-14(11-6-15-8-21-11)19-5-3-9(7-19)12-10-2-1-4-16-13(10)18-17-12/h1-2,4,6,8-9H,3,5,7H2,(H,16,17,18)/t9-/m1/s1. The van der Waals surface area contributed by atoms with E-state index >= 15 is 0 Å². The molecule has 0 aromatic carbocycles. The molecule has 106 valence electrons. The second-order valence-corrected chi connectivity index (χ2v) is 6.00. The summed E-state index contributed by atoms with van der Waals surface area (Å²) >= 11 is 1.39. The Balaban J connectivity index is 1.58. The Morgan fingerprint density at radius 2 is 2.43 bits per heavy atom. The van der Waals surface area contributed by atoms with Crippen LogP contribution in [0.4, 0.5) is 0 Å². The van der Waals surface area contributed by atoms with Gasteiger partial charge in [-0.15, -0.1) is 11.3 Å². The highest BCUT2D eigenvalue weighted by Crippen LogP contribution is 2.31. The number of pyridine rings is 1. The van der Waals surface area contributed by atoms with Crippen molar-refractivity contribution < 1.29 is 4.79 Å². The molecule has 1 atom stereocenters. The molecule has 1 aliphatic heterocycles. The largest absolute Gasteiger partial charge is 0.337 e. The van der Waals surface area contributed by atoms with E-state index < -0.39 is 0 Å².